The maximum absolute atomic E-state index is 11.8. The van der Waals surface area contributed by atoms with E-state index in [4.69, 9.17) is 0 Å². The van der Waals surface area contributed by atoms with Crippen molar-refractivity contribution in [1.82, 2.24) is 4.98 Å². The van der Waals surface area contributed by atoms with Crippen LogP contribution in [0.4, 0.5) is 5.69 Å². The Balaban J connectivity index is 0.000000533. The van der Waals surface area contributed by atoms with Crippen LogP contribution in [0, 0.1) is 0 Å². The van der Waals surface area contributed by atoms with Crippen LogP contribution < -0.4 is 5.32 Å². The summed E-state index contributed by atoms with van der Waals surface area (Å²) in [7, 11) is 0. The van der Waals surface area contributed by atoms with Crippen LogP contribution in [-0.4, -0.2) is 10.9 Å². The van der Waals surface area contributed by atoms with E-state index in [2.05, 4.69) is 30.7 Å². The number of carbonyl (C=O) groups excluding carboxylic acids is 1. The first-order chi connectivity index (χ1) is 12.6. The fourth-order valence-corrected chi connectivity index (χ4v) is 2.30. The van der Waals surface area contributed by atoms with Crippen molar-refractivity contribution in [3.05, 3.63) is 66.0 Å². The summed E-state index contributed by atoms with van der Waals surface area (Å²) in [5, 5.41) is 2.84. The summed E-state index contributed by atoms with van der Waals surface area (Å²) in [5.41, 5.74) is 4.77. The van der Waals surface area contributed by atoms with Crippen LogP contribution in [0.25, 0.3) is 11.6 Å². The number of fused-ring (bicyclic) bond motifs is 1. The third kappa shape index (κ3) is 7.56. The maximum atomic E-state index is 11.8. The second-order valence-corrected chi connectivity index (χ2v) is 5.39. The van der Waals surface area contributed by atoms with Crippen molar-refractivity contribution < 1.29 is 4.79 Å². The fourth-order valence-electron chi connectivity index (χ4n) is 2.30. The Hall–Kier alpha value is -2.55. The summed E-state index contributed by atoms with van der Waals surface area (Å²) in [6.45, 7) is 16.0. The molecule has 0 fully saturated rings. The molecule has 1 aromatic heterocycles. The van der Waals surface area contributed by atoms with Gasteiger partial charge in [-0.3, -0.25) is 4.79 Å². The van der Waals surface area contributed by atoms with Gasteiger partial charge in [0.05, 0.1) is 5.57 Å². The number of hydrogen-bond donors (Lipinski definition) is 2. The minimum Gasteiger partial charge on any atom is -0.362 e. The van der Waals surface area contributed by atoms with Gasteiger partial charge in [-0.15, -0.1) is 6.58 Å². The number of amides is 1. The van der Waals surface area contributed by atoms with Gasteiger partial charge < -0.3 is 10.3 Å². The van der Waals surface area contributed by atoms with E-state index in [1.807, 2.05) is 76.4 Å². The average molecular weight is 355 g/mol. The minimum absolute atomic E-state index is 0.0456. The van der Waals surface area contributed by atoms with Crippen LogP contribution in [0.1, 0.15) is 65.6 Å². The lowest BCUT2D eigenvalue weighted by Crippen LogP contribution is -2.03. The lowest BCUT2D eigenvalue weighted by molar-refractivity contribution is -0.110. The van der Waals surface area contributed by atoms with E-state index in [9.17, 15) is 4.79 Å². The van der Waals surface area contributed by atoms with E-state index in [0.717, 1.165) is 16.9 Å². The molecule has 0 unspecified atom stereocenters. The van der Waals surface area contributed by atoms with Crippen LogP contribution in [0.3, 0.4) is 0 Å². The molecular formula is C23H34N2O. The first kappa shape index (κ1) is 23.4. The quantitative estimate of drug-likeness (QED) is 0.456. The summed E-state index contributed by atoms with van der Waals surface area (Å²) in [6, 6.07) is 11.5. The van der Waals surface area contributed by atoms with Crippen molar-refractivity contribution >= 4 is 23.2 Å². The maximum Gasteiger partial charge on any atom is 0.256 e. The van der Waals surface area contributed by atoms with Crippen LogP contribution in [0.2, 0.25) is 0 Å². The molecule has 142 valence electrons. The lowest BCUT2D eigenvalue weighted by Gasteiger charge is -1.95. The molecule has 2 heterocycles. The third-order valence-electron chi connectivity index (χ3n) is 3.31. The van der Waals surface area contributed by atoms with Crippen molar-refractivity contribution in [3.63, 3.8) is 0 Å². The molecular weight excluding hydrogens is 320 g/mol. The largest absolute Gasteiger partial charge is 0.362 e. The van der Waals surface area contributed by atoms with Crippen molar-refractivity contribution in [2.45, 2.75) is 54.4 Å². The van der Waals surface area contributed by atoms with Crippen LogP contribution in [0.15, 0.2) is 54.7 Å². The topological polar surface area (TPSA) is 44.9 Å². The lowest BCUT2D eigenvalue weighted by atomic mass is 10.1. The minimum atomic E-state index is -0.0456. The number of carbonyl (C=O) groups is 1. The van der Waals surface area contributed by atoms with Crippen molar-refractivity contribution in [2.75, 3.05) is 5.32 Å². The number of benzene rings is 1. The normalized spacial score (nSPS) is 12.4. The van der Waals surface area contributed by atoms with Gasteiger partial charge in [-0.1, -0.05) is 64.8 Å². The Morgan fingerprint density at radius 2 is 1.73 bits per heavy atom. The summed E-state index contributed by atoms with van der Waals surface area (Å²) < 4.78 is 0. The Kier molecular flexibility index (Phi) is 12.4. The summed E-state index contributed by atoms with van der Waals surface area (Å²) in [4.78, 5) is 14.8. The first-order valence-electron chi connectivity index (χ1n) is 9.52. The molecule has 1 amide bonds. The van der Waals surface area contributed by atoms with Crippen LogP contribution >= 0.6 is 0 Å². The molecule has 0 atom stereocenters. The zero-order valence-corrected chi connectivity index (χ0v) is 17.1. The molecule has 0 saturated carbocycles. The fraction of sp³-hybridized carbons (Fsp3) is 0.348. The van der Waals surface area contributed by atoms with E-state index in [1.54, 1.807) is 0 Å². The Labute approximate surface area is 159 Å². The van der Waals surface area contributed by atoms with E-state index in [0.29, 0.717) is 5.57 Å². The zero-order chi connectivity index (χ0) is 19.9. The van der Waals surface area contributed by atoms with Crippen LogP contribution in [0.5, 0.6) is 0 Å². The van der Waals surface area contributed by atoms with Gasteiger partial charge in [0.25, 0.3) is 5.91 Å². The first-order valence-corrected chi connectivity index (χ1v) is 9.52. The second-order valence-electron chi connectivity index (χ2n) is 5.39. The molecule has 26 heavy (non-hydrogen) atoms. The Morgan fingerprint density at radius 1 is 1.08 bits per heavy atom. The number of para-hydroxylation sites is 1. The molecule has 3 heteroatoms. The number of H-pyrrole nitrogens is 1. The molecule has 3 rings (SSSR count). The molecule has 1 aliphatic heterocycles. The van der Waals surface area contributed by atoms with E-state index in [-0.39, 0.29) is 5.91 Å². The highest BCUT2D eigenvalue weighted by Gasteiger charge is 2.23. The number of rotatable bonds is 3. The average Bonchev–Trinajstić information content (AvgIpc) is 3.28. The van der Waals surface area contributed by atoms with Gasteiger partial charge >= 0.3 is 0 Å². The third-order valence-corrected chi connectivity index (χ3v) is 3.31. The van der Waals surface area contributed by atoms with Gasteiger partial charge in [0.15, 0.2) is 0 Å². The van der Waals surface area contributed by atoms with Gasteiger partial charge in [0, 0.05) is 23.1 Å². The number of allylic oxidation sites excluding steroid dienone is 1. The van der Waals surface area contributed by atoms with E-state index < -0.39 is 0 Å². The zero-order valence-electron chi connectivity index (χ0n) is 17.1. The molecule has 2 aromatic rings. The summed E-state index contributed by atoms with van der Waals surface area (Å²) in [5.74, 6) is -0.0456. The number of aromatic nitrogens is 1. The van der Waals surface area contributed by atoms with Gasteiger partial charge in [-0.05, 0) is 37.6 Å². The number of nitrogens with one attached hydrogen (secondary N) is 2. The number of hydrogen-bond acceptors (Lipinski definition) is 1. The van der Waals surface area contributed by atoms with E-state index in [1.165, 1.54) is 18.4 Å². The van der Waals surface area contributed by atoms with Gasteiger partial charge in [-0.2, -0.15) is 0 Å². The molecule has 0 radical (unpaired) electrons. The van der Waals surface area contributed by atoms with Crippen molar-refractivity contribution in [2.24, 2.45) is 0 Å². The Bertz CT molecular complexity index is 682. The van der Waals surface area contributed by atoms with Crippen LogP contribution in [-0.2, 0) is 4.79 Å². The highest BCUT2D eigenvalue weighted by Crippen LogP contribution is 2.32. The summed E-state index contributed by atoms with van der Waals surface area (Å²) in [6.07, 6.45) is 6.11. The molecule has 0 aliphatic carbocycles. The smallest absolute Gasteiger partial charge is 0.256 e. The Morgan fingerprint density at radius 3 is 2.23 bits per heavy atom. The van der Waals surface area contributed by atoms with Crippen molar-refractivity contribution in [1.29, 1.82) is 0 Å². The molecule has 2 N–H and O–H groups in total. The van der Waals surface area contributed by atoms with Gasteiger partial charge in [-0.25, -0.2) is 0 Å². The number of aromatic amines is 1. The standard InChI is InChI=1S/C13H10N2O.C6H12.2C2H6/c16-13-11(8-9-4-3-7-14-9)10-5-1-2-6-12(10)15-13;1-4-5-6(2)3;2*1-2/h1-8,14H,(H,15,16);2,4-5H2,1,3H3;2*1-2H3/b11-8-;;;. The highest BCUT2D eigenvalue weighted by atomic mass is 16.2. The SMILES string of the molecule is C=C(C)CCC.CC.CC.O=C1Nc2ccccc2/C1=C/c1ccc[nH]1. The predicted molar refractivity (Wildman–Crippen MR) is 116 cm³/mol. The van der Waals surface area contributed by atoms with E-state index >= 15 is 0 Å². The summed E-state index contributed by atoms with van der Waals surface area (Å²) >= 11 is 0. The molecule has 0 spiro atoms. The molecule has 0 bridgehead atoms. The monoisotopic (exact) mass is 354 g/mol. The molecule has 1 aliphatic rings. The molecule has 3 nitrogen and oxygen atoms in total. The van der Waals surface area contributed by atoms with Crippen molar-refractivity contribution in [3.8, 4) is 0 Å². The highest BCUT2D eigenvalue weighted by molar-refractivity contribution is 6.34. The van der Waals surface area contributed by atoms with Gasteiger partial charge in [0.2, 0.25) is 0 Å². The predicted octanol–water partition coefficient (Wildman–Crippen LogP) is 6.92. The molecule has 0 saturated heterocycles. The number of anilines is 1. The second kappa shape index (κ2) is 13.7. The van der Waals surface area contributed by atoms with Gasteiger partial charge in [0.1, 0.15) is 0 Å². The molecule has 1 aromatic carbocycles.